The maximum atomic E-state index is 12.6. The van der Waals surface area contributed by atoms with E-state index in [1.165, 1.54) is 4.31 Å². The molecule has 3 aromatic rings. The first-order valence-electron chi connectivity index (χ1n) is 9.66. The van der Waals surface area contributed by atoms with Gasteiger partial charge < -0.3 is 10.2 Å². The minimum Gasteiger partial charge on any atom is -0.371 e. The van der Waals surface area contributed by atoms with Gasteiger partial charge in [0, 0.05) is 47.1 Å². The van der Waals surface area contributed by atoms with Gasteiger partial charge in [0.1, 0.15) is 0 Å². The molecular weight excluding hydrogens is 404 g/mol. The van der Waals surface area contributed by atoms with E-state index in [-0.39, 0.29) is 12.1 Å². The lowest BCUT2D eigenvalue weighted by Gasteiger charge is -2.37. The number of hydrogen-bond donors (Lipinski definition) is 2. The second-order valence-corrected chi connectivity index (χ2v) is 8.22. The molecule has 0 saturated carbocycles. The van der Waals surface area contributed by atoms with Crippen LogP contribution in [-0.4, -0.2) is 34.5 Å². The number of carbonyl (C=O) groups excluding carboxylic acids is 1. The Morgan fingerprint density at radius 1 is 1.17 bits per heavy atom. The number of hydrogen-bond acceptors (Lipinski definition) is 4. The standard InChI is InChI=1S/C22H23ClN4OS/c1-15-2-5-17(6-3-15)25-22(28)27(29)18-9-12-26(13-10-18)21-8-11-24-20-14-16(23)4-7-19(20)21/h2-8,11,14,18,29H,9-10,12-13H2,1H3,(H,25,28). The van der Waals surface area contributed by atoms with E-state index < -0.39 is 0 Å². The normalized spacial score (nSPS) is 14.8. The number of pyridine rings is 1. The van der Waals surface area contributed by atoms with Gasteiger partial charge in [-0.15, -0.1) is 0 Å². The van der Waals surface area contributed by atoms with Gasteiger partial charge in [-0.25, -0.2) is 4.79 Å². The summed E-state index contributed by atoms with van der Waals surface area (Å²) in [6.45, 7) is 3.72. The molecule has 7 heteroatoms. The van der Waals surface area contributed by atoms with Crippen molar-refractivity contribution >= 4 is 52.7 Å². The van der Waals surface area contributed by atoms with E-state index in [1.54, 1.807) is 0 Å². The Morgan fingerprint density at radius 2 is 1.90 bits per heavy atom. The molecule has 2 amide bonds. The predicted octanol–water partition coefficient (Wildman–Crippen LogP) is 5.54. The molecule has 4 rings (SSSR count). The third-order valence-corrected chi connectivity index (χ3v) is 6.09. The molecule has 1 saturated heterocycles. The lowest BCUT2D eigenvalue weighted by Crippen LogP contribution is -2.44. The SMILES string of the molecule is Cc1ccc(NC(=O)N(S)C2CCN(c3ccnc4cc(Cl)ccc34)CC2)cc1. The molecule has 0 atom stereocenters. The summed E-state index contributed by atoms with van der Waals surface area (Å²) >= 11 is 10.6. The van der Waals surface area contributed by atoms with Gasteiger partial charge in [-0.05, 0) is 56.2 Å². The number of aromatic nitrogens is 1. The van der Waals surface area contributed by atoms with Crippen LogP contribution >= 0.6 is 24.4 Å². The molecule has 0 unspecified atom stereocenters. The Bertz CT molecular complexity index is 1020. The summed E-state index contributed by atoms with van der Waals surface area (Å²) in [5.74, 6) is 0. The Labute approximate surface area is 181 Å². The van der Waals surface area contributed by atoms with Crippen LogP contribution in [-0.2, 0) is 0 Å². The van der Waals surface area contributed by atoms with E-state index in [1.807, 2.05) is 61.7 Å². The van der Waals surface area contributed by atoms with Crippen molar-refractivity contribution in [3.8, 4) is 0 Å². The lowest BCUT2D eigenvalue weighted by atomic mass is 10.0. The number of rotatable bonds is 3. The van der Waals surface area contributed by atoms with Crippen LogP contribution in [0, 0.1) is 6.92 Å². The molecule has 1 aliphatic heterocycles. The zero-order chi connectivity index (χ0) is 20.4. The van der Waals surface area contributed by atoms with Crippen molar-refractivity contribution in [2.75, 3.05) is 23.3 Å². The highest BCUT2D eigenvalue weighted by molar-refractivity contribution is 7.78. The van der Waals surface area contributed by atoms with Crippen LogP contribution in [0.5, 0.6) is 0 Å². The zero-order valence-electron chi connectivity index (χ0n) is 16.2. The minimum absolute atomic E-state index is 0.0857. The van der Waals surface area contributed by atoms with Gasteiger partial charge >= 0.3 is 6.03 Å². The summed E-state index contributed by atoms with van der Waals surface area (Å²) in [7, 11) is 0. The van der Waals surface area contributed by atoms with E-state index in [2.05, 4.69) is 28.0 Å². The number of nitrogens with zero attached hydrogens (tertiary/aromatic N) is 3. The molecule has 0 bridgehead atoms. The number of urea groups is 1. The van der Waals surface area contributed by atoms with Gasteiger partial charge in [0.15, 0.2) is 0 Å². The number of carbonyl (C=O) groups is 1. The second-order valence-electron chi connectivity index (χ2n) is 7.35. The lowest BCUT2D eigenvalue weighted by molar-refractivity contribution is 0.223. The van der Waals surface area contributed by atoms with Gasteiger partial charge in [0.05, 0.1) is 5.52 Å². The summed E-state index contributed by atoms with van der Waals surface area (Å²) in [4.78, 5) is 19.3. The second kappa shape index (κ2) is 8.51. The summed E-state index contributed by atoms with van der Waals surface area (Å²) in [6, 6.07) is 15.5. The largest absolute Gasteiger partial charge is 0.371 e. The number of halogens is 1. The van der Waals surface area contributed by atoms with Gasteiger partial charge in [0.2, 0.25) is 0 Å². The smallest absolute Gasteiger partial charge is 0.331 e. The number of amides is 2. The molecule has 1 aromatic heterocycles. The van der Waals surface area contributed by atoms with Crippen molar-refractivity contribution in [3.63, 3.8) is 0 Å². The molecule has 1 aliphatic rings. The number of nitrogens with one attached hydrogen (secondary N) is 1. The monoisotopic (exact) mass is 426 g/mol. The van der Waals surface area contributed by atoms with Crippen molar-refractivity contribution in [1.82, 2.24) is 9.29 Å². The highest BCUT2D eigenvalue weighted by atomic mass is 35.5. The number of piperidine rings is 1. The Hall–Kier alpha value is -2.44. The summed E-state index contributed by atoms with van der Waals surface area (Å²) in [5, 5.41) is 4.69. The Morgan fingerprint density at radius 3 is 2.62 bits per heavy atom. The molecule has 0 radical (unpaired) electrons. The van der Waals surface area contributed by atoms with E-state index in [4.69, 9.17) is 11.6 Å². The molecule has 1 fully saturated rings. The average molecular weight is 427 g/mol. The van der Waals surface area contributed by atoms with Gasteiger partial charge in [-0.1, -0.05) is 42.1 Å². The third-order valence-electron chi connectivity index (χ3n) is 5.34. The number of fused-ring (bicyclic) bond motifs is 1. The van der Waals surface area contributed by atoms with Crippen LogP contribution in [0.4, 0.5) is 16.2 Å². The Balaban J connectivity index is 1.40. The van der Waals surface area contributed by atoms with Crippen molar-refractivity contribution in [1.29, 1.82) is 0 Å². The van der Waals surface area contributed by atoms with Crippen LogP contribution in [0.15, 0.2) is 54.7 Å². The maximum Gasteiger partial charge on any atom is 0.331 e. The molecule has 2 aromatic carbocycles. The van der Waals surface area contributed by atoms with Gasteiger partial charge in [0.25, 0.3) is 0 Å². The first kappa shape index (κ1) is 19.9. The fraction of sp³-hybridized carbons (Fsp3) is 0.273. The van der Waals surface area contributed by atoms with E-state index in [0.717, 1.165) is 53.8 Å². The van der Waals surface area contributed by atoms with Crippen molar-refractivity contribution in [2.45, 2.75) is 25.8 Å². The molecule has 29 heavy (non-hydrogen) atoms. The number of benzene rings is 2. The molecule has 2 heterocycles. The number of anilines is 2. The van der Waals surface area contributed by atoms with Crippen LogP contribution in [0.2, 0.25) is 5.02 Å². The highest BCUT2D eigenvalue weighted by Crippen LogP contribution is 2.30. The predicted molar refractivity (Wildman–Crippen MR) is 123 cm³/mol. The molecule has 0 spiro atoms. The highest BCUT2D eigenvalue weighted by Gasteiger charge is 2.27. The molecular formula is C22H23ClN4OS. The maximum absolute atomic E-state index is 12.6. The van der Waals surface area contributed by atoms with Crippen molar-refractivity contribution < 1.29 is 4.79 Å². The molecule has 5 nitrogen and oxygen atoms in total. The van der Waals surface area contributed by atoms with E-state index in [0.29, 0.717) is 5.02 Å². The molecule has 1 N–H and O–H groups in total. The number of aryl methyl sites for hydroxylation is 1. The van der Waals surface area contributed by atoms with Crippen LogP contribution in [0.1, 0.15) is 18.4 Å². The van der Waals surface area contributed by atoms with Crippen LogP contribution < -0.4 is 10.2 Å². The molecule has 0 aliphatic carbocycles. The first-order chi connectivity index (χ1) is 14.0. The van der Waals surface area contributed by atoms with Crippen LogP contribution in [0.25, 0.3) is 10.9 Å². The van der Waals surface area contributed by atoms with E-state index in [9.17, 15) is 4.79 Å². The number of thiol groups is 1. The average Bonchev–Trinajstić information content (AvgIpc) is 2.74. The third kappa shape index (κ3) is 4.43. The van der Waals surface area contributed by atoms with Gasteiger partial charge in [-0.2, -0.15) is 0 Å². The quantitative estimate of drug-likeness (QED) is 0.540. The van der Waals surface area contributed by atoms with Crippen LogP contribution in [0.3, 0.4) is 0 Å². The topological polar surface area (TPSA) is 48.5 Å². The van der Waals surface area contributed by atoms with Crippen molar-refractivity contribution in [3.05, 3.63) is 65.3 Å². The summed E-state index contributed by atoms with van der Waals surface area (Å²) < 4.78 is 1.53. The minimum atomic E-state index is -0.195. The zero-order valence-corrected chi connectivity index (χ0v) is 17.8. The Kier molecular flexibility index (Phi) is 5.83. The summed E-state index contributed by atoms with van der Waals surface area (Å²) in [6.07, 6.45) is 3.52. The van der Waals surface area contributed by atoms with E-state index >= 15 is 0 Å². The fourth-order valence-electron chi connectivity index (χ4n) is 3.72. The molecule has 150 valence electrons. The summed E-state index contributed by atoms with van der Waals surface area (Å²) in [5.41, 5.74) is 3.98. The van der Waals surface area contributed by atoms with Crippen molar-refractivity contribution in [2.24, 2.45) is 0 Å². The fourth-order valence-corrected chi connectivity index (χ4v) is 4.16. The van der Waals surface area contributed by atoms with Gasteiger partial charge in [-0.3, -0.25) is 9.29 Å². The first-order valence-corrected chi connectivity index (χ1v) is 10.4.